The average molecular weight is 509 g/mol. The molecule has 2 N–H and O–H groups in total. The minimum absolute atomic E-state index is 0.166. The predicted molar refractivity (Wildman–Crippen MR) is 140 cm³/mol. The first kappa shape index (κ1) is 22.6. The van der Waals surface area contributed by atoms with E-state index in [0.29, 0.717) is 27.3 Å². The molecule has 170 valence electrons. The van der Waals surface area contributed by atoms with Gasteiger partial charge in [0.05, 0.1) is 10.7 Å². The van der Waals surface area contributed by atoms with Crippen molar-refractivity contribution in [3.8, 4) is 16.9 Å². The zero-order chi connectivity index (χ0) is 23.8. The van der Waals surface area contributed by atoms with Gasteiger partial charge in [-0.25, -0.2) is 0 Å². The van der Waals surface area contributed by atoms with Crippen molar-refractivity contribution in [2.45, 2.75) is 13.5 Å². The Hall–Kier alpha value is -3.18. The number of para-hydroxylation sites is 1. The van der Waals surface area contributed by atoms with E-state index in [2.05, 4.69) is 14.9 Å². The number of nitrogens with zero attached hydrogens (tertiary/aromatic N) is 1. The molecule has 0 saturated heterocycles. The molecule has 5 rings (SSSR count). The third-order valence-corrected chi connectivity index (χ3v) is 6.66. The summed E-state index contributed by atoms with van der Waals surface area (Å²) in [6.45, 7) is 2.38. The second-order valence-electron chi connectivity index (χ2n) is 8.03. The Morgan fingerprint density at radius 1 is 0.912 bits per heavy atom. The number of aromatic nitrogens is 2. The molecule has 4 nitrogen and oxygen atoms in total. The van der Waals surface area contributed by atoms with Crippen molar-refractivity contribution in [1.29, 1.82) is 0 Å². The van der Waals surface area contributed by atoms with Crippen LogP contribution in [-0.4, -0.2) is 15.5 Å². The van der Waals surface area contributed by atoms with Gasteiger partial charge in [0.2, 0.25) is 0 Å². The van der Waals surface area contributed by atoms with E-state index in [1.54, 1.807) is 6.07 Å². The highest BCUT2D eigenvalue weighted by molar-refractivity contribution is 6.36. The molecule has 3 aromatic carbocycles. The van der Waals surface area contributed by atoms with Crippen LogP contribution in [0.5, 0.6) is 0 Å². The van der Waals surface area contributed by atoms with E-state index in [0.717, 1.165) is 39.1 Å². The normalized spacial score (nSPS) is 11.2. The Morgan fingerprint density at radius 3 is 2.38 bits per heavy atom. The molecule has 2 heterocycles. The zero-order valence-electron chi connectivity index (χ0n) is 18.2. The topological polar surface area (TPSA) is 49.8 Å². The number of halogens is 3. The van der Waals surface area contributed by atoms with Crippen LogP contribution in [0.3, 0.4) is 0 Å². The Kier molecular flexibility index (Phi) is 6.13. The molecule has 5 aromatic rings. The highest BCUT2D eigenvalue weighted by Gasteiger charge is 2.18. The summed E-state index contributed by atoms with van der Waals surface area (Å²) < 4.78 is 2.11. The molecule has 0 aliphatic rings. The Bertz CT molecular complexity index is 1480. The van der Waals surface area contributed by atoms with Gasteiger partial charge in [0.15, 0.2) is 0 Å². The molecule has 0 saturated carbocycles. The van der Waals surface area contributed by atoms with Crippen LogP contribution in [0.25, 0.3) is 27.8 Å². The van der Waals surface area contributed by atoms with Gasteiger partial charge in [-0.3, -0.25) is 4.79 Å². The summed E-state index contributed by atoms with van der Waals surface area (Å²) in [7, 11) is 0. The summed E-state index contributed by atoms with van der Waals surface area (Å²) in [5.41, 5.74) is 6.10. The smallest absolute Gasteiger partial charge is 0.267 e. The molecule has 0 spiro atoms. The Balaban J connectivity index is 1.51. The standard InChI is InChI=1S/C27H20Cl3N3O/c1-16-18(15-31-27(34)25-12-17-4-2-3-5-24(17)32-25)13-26(22-11-8-20(29)14-23(22)30)33(16)21-9-6-19(28)7-10-21/h2-14,32H,15H2,1H3,(H,31,34). The fourth-order valence-corrected chi connectivity index (χ4v) is 4.75. The third kappa shape index (κ3) is 4.32. The van der Waals surface area contributed by atoms with Crippen LogP contribution >= 0.6 is 34.8 Å². The van der Waals surface area contributed by atoms with Crippen LogP contribution in [0.1, 0.15) is 21.7 Å². The van der Waals surface area contributed by atoms with Gasteiger partial charge in [-0.15, -0.1) is 0 Å². The van der Waals surface area contributed by atoms with Gasteiger partial charge in [0.1, 0.15) is 5.69 Å². The van der Waals surface area contributed by atoms with Gasteiger partial charge in [0, 0.05) is 44.4 Å². The maximum Gasteiger partial charge on any atom is 0.267 e. The lowest BCUT2D eigenvalue weighted by Crippen LogP contribution is -2.23. The van der Waals surface area contributed by atoms with Crippen molar-refractivity contribution in [1.82, 2.24) is 14.9 Å². The summed E-state index contributed by atoms with van der Waals surface area (Å²) in [6.07, 6.45) is 0. The molecule has 34 heavy (non-hydrogen) atoms. The summed E-state index contributed by atoms with van der Waals surface area (Å²) in [4.78, 5) is 16.0. The zero-order valence-corrected chi connectivity index (χ0v) is 20.5. The lowest BCUT2D eigenvalue weighted by atomic mass is 10.1. The SMILES string of the molecule is Cc1c(CNC(=O)c2cc3ccccc3[nH]2)cc(-c2ccc(Cl)cc2Cl)n1-c1ccc(Cl)cc1. The van der Waals surface area contributed by atoms with E-state index in [4.69, 9.17) is 34.8 Å². The second kappa shape index (κ2) is 9.22. The maximum atomic E-state index is 12.9. The van der Waals surface area contributed by atoms with Crippen molar-refractivity contribution < 1.29 is 4.79 Å². The second-order valence-corrected chi connectivity index (χ2v) is 9.31. The molecule has 0 radical (unpaired) electrons. The summed E-state index contributed by atoms with van der Waals surface area (Å²) in [5.74, 6) is -0.166. The molecule has 2 aromatic heterocycles. The molecule has 0 fully saturated rings. The molecule has 0 unspecified atom stereocenters. The van der Waals surface area contributed by atoms with Crippen molar-refractivity contribution in [2.24, 2.45) is 0 Å². The number of nitrogens with one attached hydrogen (secondary N) is 2. The number of amides is 1. The number of hydrogen-bond donors (Lipinski definition) is 2. The molecule has 7 heteroatoms. The average Bonchev–Trinajstić information content (AvgIpc) is 3.39. The third-order valence-electron chi connectivity index (χ3n) is 5.86. The predicted octanol–water partition coefficient (Wildman–Crippen LogP) is 7.82. The van der Waals surface area contributed by atoms with Crippen LogP contribution < -0.4 is 5.32 Å². The van der Waals surface area contributed by atoms with Crippen LogP contribution in [0.4, 0.5) is 0 Å². The number of aromatic amines is 1. The van der Waals surface area contributed by atoms with Gasteiger partial charge in [0.25, 0.3) is 5.91 Å². The van der Waals surface area contributed by atoms with Crippen LogP contribution in [0.2, 0.25) is 15.1 Å². The fourth-order valence-electron chi connectivity index (χ4n) is 4.12. The van der Waals surface area contributed by atoms with E-state index < -0.39 is 0 Å². The molecular weight excluding hydrogens is 489 g/mol. The number of benzene rings is 3. The van der Waals surface area contributed by atoms with E-state index in [1.165, 1.54) is 0 Å². The summed E-state index contributed by atoms with van der Waals surface area (Å²) in [6, 6.07) is 24.8. The highest BCUT2D eigenvalue weighted by Crippen LogP contribution is 2.35. The number of carbonyl (C=O) groups excluding carboxylic acids is 1. The van der Waals surface area contributed by atoms with Crippen LogP contribution in [-0.2, 0) is 6.54 Å². The first-order chi connectivity index (χ1) is 16.4. The number of carbonyl (C=O) groups is 1. The van der Waals surface area contributed by atoms with Crippen molar-refractivity contribution in [2.75, 3.05) is 0 Å². The lowest BCUT2D eigenvalue weighted by molar-refractivity contribution is 0.0946. The van der Waals surface area contributed by atoms with Gasteiger partial charge >= 0.3 is 0 Å². The molecule has 0 atom stereocenters. The largest absolute Gasteiger partial charge is 0.351 e. The summed E-state index contributed by atoms with van der Waals surface area (Å²) in [5, 5.41) is 5.81. The number of fused-ring (bicyclic) bond motifs is 1. The van der Waals surface area contributed by atoms with Gasteiger partial charge in [-0.2, -0.15) is 0 Å². The van der Waals surface area contributed by atoms with E-state index in [9.17, 15) is 4.79 Å². The van der Waals surface area contributed by atoms with Crippen molar-refractivity contribution >= 4 is 51.6 Å². The van der Waals surface area contributed by atoms with E-state index in [1.807, 2.05) is 79.7 Å². The van der Waals surface area contributed by atoms with Gasteiger partial charge in [-0.05, 0) is 73.2 Å². The number of H-pyrrole nitrogens is 1. The molecule has 0 aliphatic heterocycles. The number of hydrogen-bond acceptors (Lipinski definition) is 1. The summed E-state index contributed by atoms with van der Waals surface area (Å²) >= 11 is 18.8. The van der Waals surface area contributed by atoms with Crippen molar-refractivity contribution in [3.05, 3.63) is 111 Å². The van der Waals surface area contributed by atoms with Gasteiger partial charge < -0.3 is 14.9 Å². The van der Waals surface area contributed by atoms with Crippen LogP contribution in [0, 0.1) is 6.92 Å². The molecule has 0 bridgehead atoms. The van der Waals surface area contributed by atoms with E-state index in [-0.39, 0.29) is 5.91 Å². The number of rotatable bonds is 5. The first-order valence-corrected chi connectivity index (χ1v) is 11.8. The Labute approximate surface area is 212 Å². The molecular formula is C27H20Cl3N3O. The monoisotopic (exact) mass is 507 g/mol. The first-order valence-electron chi connectivity index (χ1n) is 10.7. The minimum Gasteiger partial charge on any atom is -0.351 e. The fraction of sp³-hybridized carbons (Fsp3) is 0.0741. The highest BCUT2D eigenvalue weighted by atomic mass is 35.5. The quantitative estimate of drug-likeness (QED) is 0.250. The Morgan fingerprint density at radius 2 is 1.65 bits per heavy atom. The maximum absolute atomic E-state index is 12.9. The lowest BCUT2D eigenvalue weighted by Gasteiger charge is -2.14. The van der Waals surface area contributed by atoms with Gasteiger partial charge in [-0.1, -0.05) is 53.0 Å². The van der Waals surface area contributed by atoms with Crippen molar-refractivity contribution in [3.63, 3.8) is 0 Å². The molecule has 0 aliphatic carbocycles. The van der Waals surface area contributed by atoms with Crippen LogP contribution in [0.15, 0.2) is 78.9 Å². The molecule has 1 amide bonds. The minimum atomic E-state index is -0.166. The van der Waals surface area contributed by atoms with E-state index >= 15 is 0 Å².